The van der Waals surface area contributed by atoms with Crippen LogP contribution in [0.25, 0.3) is 0 Å². The van der Waals surface area contributed by atoms with E-state index >= 15 is 0 Å². The van der Waals surface area contributed by atoms with E-state index < -0.39 is 0 Å². The van der Waals surface area contributed by atoms with Crippen LogP contribution < -0.4 is 10.6 Å². The minimum Gasteiger partial charge on any atom is -0.325 e. The van der Waals surface area contributed by atoms with Gasteiger partial charge < -0.3 is 10.6 Å². The molecule has 0 aliphatic carbocycles. The van der Waals surface area contributed by atoms with E-state index in [4.69, 9.17) is 0 Å². The summed E-state index contributed by atoms with van der Waals surface area (Å²) in [5, 5.41) is 5.70. The van der Waals surface area contributed by atoms with Gasteiger partial charge in [-0.05, 0) is 18.2 Å². The Balaban J connectivity index is 2.40. The maximum absolute atomic E-state index is 11.4. The Morgan fingerprint density at radius 3 is 3.00 bits per heavy atom. The predicted octanol–water partition coefficient (Wildman–Crippen LogP) is 2.16. The molecule has 0 heterocycles. The van der Waals surface area contributed by atoms with Gasteiger partial charge in [-0.25, -0.2) is 0 Å². The Hall–Kier alpha value is -1.13. The van der Waals surface area contributed by atoms with Crippen molar-refractivity contribution in [1.82, 2.24) is 5.32 Å². The zero-order valence-electron chi connectivity index (χ0n) is 8.29. The standard InChI is InChI=1S/C11H13BrN2O/c1-2-6-13-8-11(15)14-10-5-3-4-9(12)7-10/h2-5,7,13H,1,6,8H2,(H,14,15). The molecular weight excluding hydrogens is 256 g/mol. The molecule has 2 N–H and O–H groups in total. The first-order chi connectivity index (χ1) is 7.22. The highest BCUT2D eigenvalue weighted by Crippen LogP contribution is 2.15. The molecule has 0 aromatic heterocycles. The van der Waals surface area contributed by atoms with Gasteiger partial charge in [-0.3, -0.25) is 4.79 Å². The van der Waals surface area contributed by atoms with Crippen molar-refractivity contribution in [3.05, 3.63) is 41.4 Å². The number of hydrogen-bond acceptors (Lipinski definition) is 2. The molecule has 0 unspecified atom stereocenters. The molecule has 0 aliphatic rings. The number of nitrogens with one attached hydrogen (secondary N) is 2. The second kappa shape index (κ2) is 6.37. The molecule has 0 atom stereocenters. The molecule has 0 saturated carbocycles. The fraction of sp³-hybridized carbons (Fsp3) is 0.182. The van der Waals surface area contributed by atoms with Gasteiger partial charge in [0.25, 0.3) is 0 Å². The summed E-state index contributed by atoms with van der Waals surface area (Å²) in [5.41, 5.74) is 0.787. The van der Waals surface area contributed by atoms with E-state index in [9.17, 15) is 4.79 Å². The molecule has 0 aliphatic heterocycles. The first kappa shape index (κ1) is 11.9. The molecule has 0 saturated heterocycles. The topological polar surface area (TPSA) is 41.1 Å². The summed E-state index contributed by atoms with van der Waals surface area (Å²) in [6.45, 7) is 4.47. The van der Waals surface area contributed by atoms with Gasteiger partial charge in [-0.2, -0.15) is 0 Å². The van der Waals surface area contributed by atoms with Gasteiger partial charge in [0, 0.05) is 16.7 Å². The molecule has 1 amide bonds. The highest BCUT2D eigenvalue weighted by molar-refractivity contribution is 9.10. The van der Waals surface area contributed by atoms with E-state index in [1.807, 2.05) is 24.3 Å². The van der Waals surface area contributed by atoms with Gasteiger partial charge >= 0.3 is 0 Å². The van der Waals surface area contributed by atoms with Crippen LogP contribution in [0.5, 0.6) is 0 Å². The van der Waals surface area contributed by atoms with E-state index in [2.05, 4.69) is 33.1 Å². The normalized spacial score (nSPS) is 9.67. The second-order valence-electron chi connectivity index (χ2n) is 2.98. The van der Waals surface area contributed by atoms with Crippen LogP contribution >= 0.6 is 15.9 Å². The van der Waals surface area contributed by atoms with Gasteiger partial charge in [0.1, 0.15) is 0 Å². The zero-order chi connectivity index (χ0) is 11.1. The second-order valence-corrected chi connectivity index (χ2v) is 3.89. The molecule has 3 nitrogen and oxygen atoms in total. The number of benzene rings is 1. The summed E-state index contributed by atoms with van der Waals surface area (Å²) in [6, 6.07) is 7.48. The molecule has 1 rings (SSSR count). The smallest absolute Gasteiger partial charge is 0.238 e. The fourth-order valence-corrected chi connectivity index (χ4v) is 1.46. The van der Waals surface area contributed by atoms with Gasteiger partial charge in [-0.15, -0.1) is 6.58 Å². The lowest BCUT2D eigenvalue weighted by atomic mass is 10.3. The molecular formula is C11H13BrN2O. The number of amides is 1. The van der Waals surface area contributed by atoms with Crippen LogP contribution in [0.2, 0.25) is 0 Å². The van der Waals surface area contributed by atoms with Gasteiger partial charge in [0.2, 0.25) is 5.91 Å². The summed E-state index contributed by atoms with van der Waals surface area (Å²) >= 11 is 3.34. The number of carbonyl (C=O) groups excluding carboxylic acids is 1. The summed E-state index contributed by atoms with van der Waals surface area (Å²) in [6.07, 6.45) is 1.71. The lowest BCUT2D eigenvalue weighted by Crippen LogP contribution is -2.28. The molecule has 80 valence electrons. The van der Waals surface area contributed by atoms with E-state index in [1.165, 1.54) is 0 Å². The van der Waals surface area contributed by atoms with Crippen molar-refractivity contribution < 1.29 is 4.79 Å². The van der Waals surface area contributed by atoms with Gasteiger partial charge in [-0.1, -0.05) is 28.1 Å². The van der Waals surface area contributed by atoms with Gasteiger partial charge in [0.05, 0.1) is 6.54 Å². The van der Waals surface area contributed by atoms with E-state index in [-0.39, 0.29) is 5.91 Å². The van der Waals surface area contributed by atoms with Crippen molar-refractivity contribution in [2.45, 2.75) is 0 Å². The predicted molar refractivity (Wildman–Crippen MR) is 65.8 cm³/mol. The number of anilines is 1. The highest BCUT2D eigenvalue weighted by atomic mass is 79.9. The highest BCUT2D eigenvalue weighted by Gasteiger charge is 2.00. The largest absolute Gasteiger partial charge is 0.325 e. The third kappa shape index (κ3) is 4.76. The number of hydrogen-bond donors (Lipinski definition) is 2. The van der Waals surface area contributed by atoms with Crippen molar-refractivity contribution in [2.75, 3.05) is 18.4 Å². The Morgan fingerprint density at radius 1 is 1.53 bits per heavy atom. The van der Waals surface area contributed by atoms with Crippen molar-refractivity contribution in [1.29, 1.82) is 0 Å². The Bertz CT molecular complexity index is 352. The number of halogens is 1. The monoisotopic (exact) mass is 268 g/mol. The van der Waals surface area contributed by atoms with Gasteiger partial charge in [0.15, 0.2) is 0 Å². The quantitative estimate of drug-likeness (QED) is 0.635. The lowest BCUT2D eigenvalue weighted by Gasteiger charge is -2.05. The minimum atomic E-state index is -0.0602. The summed E-state index contributed by atoms with van der Waals surface area (Å²) in [7, 11) is 0. The Morgan fingerprint density at radius 2 is 2.33 bits per heavy atom. The molecule has 0 bridgehead atoms. The van der Waals surface area contributed by atoms with Crippen LogP contribution in [0.1, 0.15) is 0 Å². The first-order valence-electron chi connectivity index (χ1n) is 4.59. The average Bonchev–Trinajstić information content (AvgIpc) is 2.18. The van der Waals surface area contributed by atoms with Crippen molar-refractivity contribution in [3.63, 3.8) is 0 Å². The molecule has 1 aromatic rings. The van der Waals surface area contributed by atoms with E-state index in [1.54, 1.807) is 6.08 Å². The average molecular weight is 269 g/mol. The summed E-state index contributed by atoms with van der Waals surface area (Å²) < 4.78 is 0.944. The van der Waals surface area contributed by atoms with Crippen molar-refractivity contribution in [3.8, 4) is 0 Å². The maximum atomic E-state index is 11.4. The maximum Gasteiger partial charge on any atom is 0.238 e. The third-order valence-electron chi connectivity index (χ3n) is 1.68. The van der Waals surface area contributed by atoms with E-state index in [0.29, 0.717) is 13.1 Å². The first-order valence-corrected chi connectivity index (χ1v) is 5.38. The molecule has 15 heavy (non-hydrogen) atoms. The summed E-state index contributed by atoms with van der Waals surface area (Å²) in [4.78, 5) is 11.4. The van der Waals surface area contributed by atoms with Crippen LogP contribution in [-0.4, -0.2) is 19.0 Å². The van der Waals surface area contributed by atoms with Crippen LogP contribution in [0.3, 0.4) is 0 Å². The third-order valence-corrected chi connectivity index (χ3v) is 2.18. The Kier molecular flexibility index (Phi) is 5.07. The zero-order valence-corrected chi connectivity index (χ0v) is 9.88. The van der Waals surface area contributed by atoms with Crippen LogP contribution in [0, 0.1) is 0 Å². The molecule has 0 spiro atoms. The SMILES string of the molecule is C=CCNCC(=O)Nc1cccc(Br)c1. The van der Waals surface area contributed by atoms with Crippen molar-refractivity contribution >= 4 is 27.5 Å². The Labute approximate surface area is 97.7 Å². The number of rotatable bonds is 5. The molecule has 0 radical (unpaired) electrons. The van der Waals surface area contributed by atoms with Crippen molar-refractivity contribution in [2.24, 2.45) is 0 Å². The molecule has 4 heteroatoms. The molecule has 0 fully saturated rings. The number of carbonyl (C=O) groups is 1. The summed E-state index contributed by atoms with van der Waals surface area (Å²) in [5.74, 6) is -0.0602. The lowest BCUT2D eigenvalue weighted by molar-refractivity contribution is -0.115. The minimum absolute atomic E-state index is 0.0602. The molecule has 1 aromatic carbocycles. The fourth-order valence-electron chi connectivity index (χ4n) is 1.06. The van der Waals surface area contributed by atoms with Crippen LogP contribution in [-0.2, 0) is 4.79 Å². The van der Waals surface area contributed by atoms with Crippen LogP contribution in [0.4, 0.5) is 5.69 Å². The van der Waals surface area contributed by atoms with Crippen LogP contribution in [0.15, 0.2) is 41.4 Å². The van der Waals surface area contributed by atoms with E-state index in [0.717, 1.165) is 10.2 Å².